The first kappa shape index (κ1) is 15.9. The molecule has 2 heterocycles. The molecule has 0 bridgehead atoms. The molecule has 20 heavy (non-hydrogen) atoms. The van der Waals surface area contributed by atoms with Gasteiger partial charge in [0.2, 0.25) is 0 Å². The largest absolute Gasteiger partial charge is 0.354 e. The van der Waals surface area contributed by atoms with Gasteiger partial charge in [0.05, 0.1) is 10.7 Å². The number of nitrogens with one attached hydrogen (secondary N) is 1. The van der Waals surface area contributed by atoms with Gasteiger partial charge in [-0.2, -0.15) is 11.8 Å². The van der Waals surface area contributed by atoms with Crippen molar-refractivity contribution in [3.63, 3.8) is 0 Å². The van der Waals surface area contributed by atoms with Crippen molar-refractivity contribution in [1.82, 2.24) is 10.3 Å². The molecule has 0 amide bonds. The van der Waals surface area contributed by atoms with Gasteiger partial charge in [0, 0.05) is 30.1 Å². The lowest BCUT2D eigenvalue weighted by Crippen LogP contribution is -2.41. The molecule has 1 aromatic heterocycles. The summed E-state index contributed by atoms with van der Waals surface area (Å²) in [5, 5.41) is 5.43. The monoisotopic (exact) mass is 313 g/mol. The van der Waals surface area contributed by atoms with Gasteiger partial charge in [-0.15, -0.1) is 0 Å². The minimum atomic E-state index is 0.651. The Morgan fingerprint density at radius 2 is 2.05 bits per heavy atom. The van der Waals surface area contributed by atoms with Crippen LogP contribution in [0.25, 0.3) is 0 Å². The Morgan fingerprint density at radius 3 is 2.70 bits per heavy atom. The molecule has 0 aliphatic carbocycles. The highest BCUT2D eigenvalue weighted by molar-refractivity contribution is 8.00. The zero-order valence-electron chi connectivity index (χ0n) is 12.5. The van der Waals surface area contributed by atoms with Crippen molar-refractivity contribution in [2.24, 2.45) is 0 Å². The molecule has 1 aromatic rings. The van der Waals surface area contributed by atoms with Gasteiger partial charge in [-0.3, -0.25) is 0 Å². The standard InChI is InChI=1S/C15H24ClN3S/c1-4-7-17-8-14-13(16)5-6-15(18-14)19-9-11(2)20-12(3)10-19/h5-6,11-12,17H,4,7-10H2,1-3H3. The molecular formula is C15H24ClN3S. The van der Waals surface area contributed by atoms with Crippen LogP contribution in [0.4, 0.5) is 5.82 Å². The fourth-order valence-electron chi connectivity index (χ4n) is 2.52. The van der Waals surface area contributed by atoms with Gasteiger partial charge in [0.15, 0.2) is 0 Å². The number of aromatic nitrogens is 1. The summed E-state index contributed by atoms with van der Waals surface area (Å²) in [4.78, 5) is 7.14. The van der Waals surface area contributed by atoms with Crippen LogP contribution in [-0.4, -0.2) is 35.1 Å². The third-order valence-electron chi connectivity index (χ3n) is 3.37. The molecule has 3 nitrogen and oxygen atoms in total. The van der Waals surface area contributed by atoms with E-state index in [9.17, 15) is 0 Å². The molecule has 1 fully saturated rings. The molecule has 1 aliphatic rings. The average molecular weight is 314 g/mol. The normalized spacial score (nSPS) is 23.1. The van der Waals surface area contributed by atoms with Crippen molar-refractivity contribution < 1.29 is 0 Å². The maximum Gasteiger partial charge on any atom is 0.129 e. The molecule has 1 N–H and O–H groups in total. The summed E-state index contributed by atoms with van der Waals surface area (Å²) in [5.41, 5.74) is 0.955. The summed E-state index contributed by atoms with van der Waals surface area (Å²) in [5.74, 6) is 1.06. The Balaban J connectivity index is 2.09. The number of pyridine rings is 1. The SMILES string of the molecule is CCCNCc1nc(N2CC(C)SC(C)C2)ccc1Cl. The van der Waals surface area contributed by atoms with Crippen molar-refractivity contribution in [3.8, 4) is 0 Å². The number of rotatable bonds is 5. The van der Waals surface area contributed by atoms with Crippen LogP contribution < -0.4 is 10.2 Å². The van der Waals surface area contributed by atoms with E-state index in [1.165, 1.54) is 0 Å². The quantitative estimate of drug-likeness (QED) is 0.841. The van der Waals surface area contributed by atoms with Gasteiger partial charge in [0.25, 0.3) is 0 Å². The van der Waals surface area contributed by atoms with E-state index in [4.69, 9.17) is 16.6 Å². The van der Waals surface area contributed by atoms with Crippen molar-refractivity contribution in [2.75, 3.05) is 24.5 Å². The highest BCUT2D eigenvalue weighted by Gasteiger charge is 2.23. The number of halogens is 1. The van der Waals surface area contributed by atoms with Crippen LogP contribution in [0.3, 0.4) is 0 Å². The Labute approximate surface area is 131 Å². The number of hydrogen-bond acceptors (Lipinski definition) is 4. The molecule has 0 spiro atoms. The summed E-state index contributed by atoms with van der Waals surface area (Å²) in [6.07, 6.45) is 1.12. The zero-order chi connectivity index (χ0) is 14.5. The van der Waals surface area contributed by atoms with E-state index in [0.29, 0.717) is 10.5 Å². The van der Waals surface area contributed by atoms with Crippen LogP contribution in [0.1, 0.15) is 32.9 Å². The van der Waals surface area contributed by atoms with Gasteiger partial charge >= 0.3 is 0 Å². The Kier molecular flexibility index (Phi) is 6.00. The highest BCUT2D eigenvalue weighted by atomic mass is 35.5. The van der Waals surface area contributed by atoms with Crippen molar-refractivity contribution in [2.45, 2.75) is 44.2 Å². The molecule has 2 rings (SSSR count). The maximum absolute atomic E-state index is 6.25. The van der Waals surface area contributed by atoms with E-state index in [1.54, 1.807) is 0 Å². The van der Waals surface area contributed by atoms with Crippen molar-refractivity contribution >= 4 is 29.2 Å². The highest BCUT2D eigenvalue weighted by Crippen LogP contribution is 2.28. The van der Waals surface area contributed by atoms with Crippen LogP contribution >= 0.6 is 23.4 Å². The number of hydrogen-bond donors (Lipinski definition) is 1. The first-order valence-corrected chi connectivity index (χ1v) is 8.68. The van der Waals surface area contributed by atoms with E-state index < -0.39 is 0 Å². The first-order chi connectivity index (χ1) is 9.60. The second-order valence-electron chi connectivity index (χ2n) is 5.44. The lowest BCUT2D eigenvalue weighted by Gasteiger charge is -2.35. The van der Waals surface area contributed by atoms with E-state index >= 15 is 0 Å². The van der Waals surface area contributed by atoms with E-state index in [-0.39, 0.29) is 0 Å². The number of anilines is 1. The molecule has 2 atom stereocenters. The topological polar surface area (TPSA) is 28.2 Å². The summed E-state index contributed by atoms with van der Waals surface area (Å²) in [6, 6.07) is 4.02. The molecule has 1 aliphatic heterocycles. The van der Waals surface area contributed by atoms with Gasteiger partial charge in [0.1, 0.15) is 5.82 Å². The van der Waals surface area contributed by atoms with Crippen LogP contribution in [0.15, 0.2) is 12.1 Å². The van der Waals surface area contributed by atoms with Gasteiger partial charge in [-0.1, -0.05) is 32.4 Å². The van der Waals surface area contributed by atoms with Crippen LogP contribution in [0.2, 0.25) is 5.02 Å². The summed E-state index contributed by atoms with van der Waals surface area (Å²) in [6.45, 7) is 10.6. The van der Waals surface area contributed by atoms with Gasteiger partial charge in [-0.05, 0) is 25.1 Å². The molecule has 5 heteroatoms. The minimum absolute atomic E-state index is 0.651. The summed E-state index contributed by atoms with van der Waals surface area (Å²) < 4.78 is 0. The zero-order valence-corrected chi connectivity index (χ0v) is 14.1. The second kappa shape index (κ2) is 7.53. The van der Waals surface area contributed by atoms with Crippen LogP contribution in [0, 0.1) is 0 Å². The van der Waals surface area contributed by atoms with E-state index in [1.807, 2.05) is 12.1 Å². The third kappa shape index (κ3) is 4.27. The lowest BCUT2D eigenvalue weighted by molar-refractivity contribution is 0.660. The van der Waals surface area contributed by atoms with Crippen molar-refractivity contribution in [3.05, 3.63) is 22.8 Å². The molecule has 0 saturated carbocycles. The second-order valence-corrected chi connectivity index (χ2v) is 7.73. The lowest BCUT2D eigenvalue weighted by atomic mass is 10.3. The van der Waals surface area contributed by atoms with E-state index in [0.717, 1.165) is 49.1 Å². The predicted molar refractivity (Wildman–Crippen MR) is 90.0 cm³/mol. The van der Waals surface area contributed by atoms with Gasteiger partial charge < -0.3 is 10.2 Å². The minimum Gasteiger partial charge on any atom is -0.354 e. The molecule has 112 valence electrons. The Hall–Kier alpha value is -0.450. The summed E-state index contributed by atoms with van der Waals surface area (Å²) in [7, 11) is 0. The number of thioether (sulfide) groups is 1. The molecular weight excluding hydrogens is 290 g/mol. The van der Waals surface area contributed by atoms with E-state index in [2.05, 4.69) is 42.7 Å². The van der Waals surface area contributed by atoms with Crippen LogP contribution in [0.5, 0.6) is 0 Å². The van der Waals surface area contributed by atoms with Crippen LogP contribution in [-0.2, 0) is 6.54 Å². The molecule has 0 aromatic carbocycles. The molecule has 0 radical (unpaired) electrons. The Morgan fingerprint density at radius 1 is 1.35 bits per heavy atom. The maximum atomic E-state index is 6.25. The fourth-order valence-corrected chi connectivity index (χ4v) is 4.02. The summed E-state index contributed by atoms with van der Waals surface area (Å²) >= 11 is 8.30. The number of nitrogens with zero attached hydrogens (tertiary/aromatic N) is 2. The molecule has 1 saturated heterocycles. The average Bonchev–Trinajstić information content (AvgIpc) is 2.40. The van der Waals surface area contributed by atoms with Gasteiger partial charge in [-0.25, -0.2) is 4.98 Å². The Bertz CT molecular complexity index is 431. The predicted octanol–water partition coefficient (Wildman–Crippen LogP) is 3.56. The van der Waals surface area contributed by atoms with Crippen molar-refractivity contribution in [1.29, 1.82) is 0 Å². The smallest absolute Gasteiger partial charge is 0.129 e. The first-order valence-electron chi connectivity index (χ1n) is 7.36. The third-order valence-corrected chi connectivity index (χ3v) is 4.94. The molecule has 2 unspecified atom stereocenters. The fraction of sp³-hybridized carbons (Fsp3) is 0.667.